The molecule has 0 bridgehead atoms. The third kappa shape index (κ3) is 5.23. The monoisotopic (exact) mass is 500 g/mol. The molecule has 3 aromatic carbocycles. The number of hydrazone groups is 1. The van der Waals surface area contributed by atoms with Gasteiger partial charge in [-0.1, -0.05) is 41.9 Å². The number of carbonyl (C=O) groups is 1. The van der Waals surface area contributed by atoms with Gasteiger partial charge in [0.1, 0.15) is 5.75 Å². The lowest BCUT2D eigenvalue weighted by molar-refractivity contribution is 0.100. The fraction of sp³-hybridized carbons (Fsp3) is 0.120. The number of nitrogens with two attached hydrogens (primary N) is 1. The molecule has 0 saturated heterocycles. The van der Waals surface area contributed by atoms with Gasteiger partial charge >= 0.3 is 0 Å². The molecule has 5 rings (SSSR count). The summed E-state index contributed by atoms with van der Waals surface area (Å²) in [5, 5.41) is 18.2. The molecule has 0 aliphatic carbocycles. The Morgan fingerprint density at radius 2 is 1.81 bits per heavy atom. The number of carbonyl (C=O) groups excluding carboxylic acids is 1. The molecule has 0 saturated carbocycles. The fourth-order valence-electron chi connectivity index (χ4n) is 3.77. The lowest BCUT2D eigenvalue weighted by atomic mass is 9.90. The highest BCUT2D eigenvalue weighted by Crippen LogP contribution is 2.29. The smallest absolute Gasteiger partial charge is 0.280 e. The molecule has 4 aromatic rings. The topological polar surface area (TPSA) is 124 Å². The van der Waals surface area contributed by atoms with Gasteiger partial charge in [0.05, 0.1) is 12.3 Å². The molecule has 180 valence electrons. The van der Waals surface area contributed by atoms with Gasteiger partial charge < -0.3 is 10.5 Å². The summed E-state index contributed by atoms with van der Waals surface area (Å²) < 4.78 is 5.69. The summed E-state index contributed by atoms with van der Waals surface area (Å²) in [6.07, 6.45) is 1.35. The Morgan fingerprint density at radius 1 is 1.06 bits per heavy atom. The van der Waals surface area contributed by atoms with Gasteiger partial charge in [0.2, 0.25) is 12.7 Å². The molecule has 2 N–H and O–H groups in total. The van der Waals surface area contributed by atoms with Crippen LogP contribution in [-0.2, 0) is 6.73 Å². The number of aromatic nitrogens is 4. The standard InChI is InChI=1S/C25H21ClN8O2/c26-20-10-6-19(7-11-20)24(35)30-25(27)33-14-22(17-4-2-1-3-5-17)23(31-33)18-8-12-21(13-9-18)36-16-34-29-15-28-32-34/h1-13,15,22H,14,16H2,(H2,27,30,35). The highest BCUT2D eigenvalue weighted by molar-refractivity contribution is 6.30. The minimum atomic E-state index is -0.465. The first-order valence-electron chi connectivity index (χ1n) is 11.1. The molecular weight excluding hydrogens is 480 g/mol. The molecule has 0 fully saturated rings. The highest BCUT2D eigenvalue weighted by Gasteiger charge is 2.31. The normalized spacial score (nSPS) is 15.6. The molecule has 10 nitrogen and oxygen atoms in total. The van der Waals surface area contributed by atoms with E-state index in [0.717, 1.165) is 16.8 Å². The predicted octanol–water partition coefficient (Wildman–Crippen LogP) is 3.32. The summed E-state index contributed by atoms with van der Waals surface area (Å²) in [6, 6.07) is 24.0. The number of ether oxygens (including phenoxy) is 1. The number of rotatable bonds is 6. The van der Waals surface area contributed by atoms with Crippen LogP contribution in [0.15, 0.2) is 95.3 Å². The Hall–Kier alpha value is -4.57. The molecule has 2 heterocycles. The molecule has 36 heavy (non-hydrogen) atoms. The summed E-state index contributed by atoms with van der Waals surface area (Å²) in [6.45, 7) is 0.591. The maximum Gasteiger partial charge on any atom is 0.280 e. The SMILES string of the molecule is NC(=NC(=O)c1ccc(Cl)cc1)N1CC(c2ccccc2)C(c2ccc(OCn3ncnn3)cc2)=N1. The molecular formula is C25H21ClN8O2. The second kappa shape index (κ2) is 10.4. The van der Waals surface area contributed by atoms with Crippen molar-refractivity contribution in [3.05, 3.63) is 107 Å². The zero-order valence-electron chi connectivity index (χ0n) is 19.0. The second-order valence-corrected chi connectivity index (χ2v) is 8.36. The van der Waals surface area contributed by atoms with E-state index in [4.69, 9.17) is 27.2 Å². The van der Waals surface area contributed by atoms with Crippen LogP contribution in [0.4, 0.5) is 0 Å². The number of amides is 1. The Labute approximate surface area is 211 Å². The molecule has 0 radical (unpaired) electrons. The van der Waals surface area contributed by atoms with Crippen molar-refractivity contribution in [2.45, 2.75) is 12.6 Å². The first kappa shape index (κ1) is 23.2. The maximum atomic E-state index is 12.6. The van der Waals surface area contributed by atoms with Crippen molar-refractivity contribution in [1.82, 2.24) is 25.2 Å². The first-order valence-corrected chi connectivity index (χ1v) is 11.4. The van der Waals surface area contributed by atoms with E-state index in [0.29, 0.717) is 22.9 Å². The van der Waals surface area contributed by atoms with Crippen molar-refractivity contribution in [3.8, 4) is 5.75 Å². The van der Waals surface area contributed by atoms with E-state index < -0.39 is 5.91 Å². The zero-order chi connectivity index (χ0) is 24.9. The van der Waals surface area contributed by atoms with Crippen LogP contribution in [0.1, 0.15) is 27.4 Å². The zero-order valence-corrected chi connectivity index (χ0v) is 19.7. The van der Waals surface area contributed by atoms with Gasteiger partial charge in [0.25, 0.3) is 5.91 Å². The van der Waals surface area contributed by atoms with Gasteiger partial charge in [-0.25, -0.2) is 5.01 Å². The third-order valence-electron chi connectivity index (χ3n) is 5.58. The van der Waals surface area contributed by atoms with E-state index in [1.54, 1.807) is 29.3 Å². The number of hydrogen-bond donors (Lipinski definition) is 1. The quantitative estimate of drug-likeness (QED) is 0.318. The molecule has 1 amide bonds. The summed E-state index contributed by atoms with van der Waals surface area (Å²) in [5.74, 6) is 0.132. The van der Waals surface area contributed by atoms with Crippen LogP contribution < -0.4 is 10.5 Å². The van der Waals surface area contributed by atoms with Gasteiger partial charge in [-0.2, -0.15) is 10.1 Å². The number of aliphatic imine (C=N–C) groups is 1. The number of benzene rings is 3. The maximum absolute atomic E-state index is 12.6. The summed E-state index contributed by atoms with van der Waals surface area (Å²) in [5.41, 5.74) is 9.39. The Morgan fingerprint density at radius 3 is 2.50 bits per heavy atom. The van der Waals surface area contributed by atoms with E-state index in [-0.39, 0.29) is 18.6 Å². The Bertz CT molecular complexity index is 1390. The number of hydrogen-bond acceptors (Lipinski definition) is 6. The van der Waals surface area contributed by atoms with Crippen LogP contribution in [0.3, 0.4) is 0 Å². The van der Waals surface area contributed by atoms with Crippen molar-refractivity contribution in [2.24, 2.45) is 15.8 Å². The van der Waals surface area contributed by atoms with Crippen molar-refractivity contribution < 1.29 is 9.53 Å². The van der Waals surface area contributed by atoms with E-state index >= 15 is 0 Å². The minimum absolute atomic E-state index is 0.0196. The van der Waals surface area contributed by atoms with E-state index in [9.17, 15) is 4.79 Å². The molecule has 1 unspecified atom stereocenters. The second-order valence-electron chi connectivity index (χ2n) is 7.92. The predicted molar refractivity (Wildman–Crippen MR) is 135 cm³/mol. The summed E-state index contributed by atoms with van der Waals surface area (Å²) >= 11 is 5.91. The molecule has 1 aliphatic rings. The number of halogens is 1. The average Bonchev–Trinajstić information content (AvgIpc) is 3.59. The van der Waals surface area contributed by atoms with Gasteiger partial charge in [-0.15, -0.1) is 15.0 Å². The molecule has 1 aliphatic heterocycles. The number of tetrazole rings is 1. The number of guanidine groups is 1. The van der Waals surface area contributed by atoms with Gasteiger partial charge in [-0.05, 0) is 64.9 Å². The van der Waals surface area contributed by atoms with Crippen molar-refractivity contribution in [1.29, 1.82) is 0 Å². The summed E-state index contributed by atoms with van der Waals surface area (Å²) in [4.78, 5) is 18.0. The minimum Gasteiger partial charge on any atom is -0.470 e. The van der Waals surface area contributed by atoms with Crippen molar-refractivity contribution in [3.63, 3.8) is 0 Å². The van der Waals surface area contributed by atoms with Crippen LogP contribution in [0, 0.1) is 0 Å². The van der Waals surface area contributed by atoms with Crippen LogP contribution in [0.5, 0.6) is 5.75 Å². The van der Waals surface area contributed by atoms with Crippen molar-refractivity contribution >= 4 is 29.2 Å². The molecule has 11 heteroatoms. The Balaban J connectivity index is 1.38. The summed E-state index contributed by atoms with van der Waals surface area (Å²) in [7, 11) is 0. The highest BCUT2D eigenvalue weighted by atomic mass is 35.5. The Kier molecular flexibility index (Phi) is 6.67. The first-order chi connectivity index (χ1) is 17.6. The van der Waals surface area contributed by atoms with E-state index in [2.05, 4.69) is 20.4 Å². The molecule has 1 atom stereocenters. The molecule has 0 spiro atoms. The van der Waals surface area contributed by atoms with Gasteiger partial charge in [-0.3, -0.25) is 4.79 Å². The van der Waals surface area contributed by atoms with Crippen molar-refractivity contribution in [2.75, 3.05) is 6.54 Å². The van der Waals surface area contributed by atoms with E-state index in [1.807, 2.05) is 54.6 Å². The lowest BCUT2D eigenvalue weighted by Gasteiger charge is -2.15. The van der Waals surface area contributed by atoms with Gasteiger partial charge in [0.15, 0.2) is 6.33 Å². The lowest BCUT2D eigenvalue weighted by Crippen LogP contribution is -2.33. The van der Waals surface area contributed by atoms with Crippen LogP contribution in [-0.4, -0.2) is 49.3 Å². The third-order valence-corrected chi connectivity index (χ3v) is 5.83. The largest absolute Gasteiger partial charge is 0.470 e. The number of nitrogens with zero attached hydrogens (tertiary/aromatic N) is 7. The van der Waals surface area contributed by atoms with Crippen LogP contribution in [0.25, 0.3) is 0 Å². The average molecular weight is 501 g/mol. The van der Waals surface area contributed by atoms with E-state index in [1.165, 1.54) is 11.1 Å². The van der Waals surface area contributed by atoms with Gasteiger partial charge in [0, 0.05) is 16.5 Å². The van der Waals surface area contributed by atoms with Crippen LogP contribution in [0.2, 0.25) is 5.02 Å². The fourth-order valence-corrected chi connectivity index (χ4v) is 3.90. The van der Waals surface area contributed by atoms with Crippen LogP contribution >= 0.6 is 11.6 Å². The molecule has 1 aromatic heterocycles.